The predicted molar refractivity (Wildman–Crippen MR) is 120 cm³/mol. The summed E-state index contributed by atoms with van der Waals surface area (Å²) in [5.74, 6) is 0.928. The van der Waals surface area contributed by atoms with E-state index in [-0.39, 0.29) is 0 Å². The molecule has 0 aliphatic rings. The number of para-hydroxylation sites is 2. The van der Waals surface area contributed by atoms with Crippen molar-refractivity contribution in [1.82, 2.24) is 5.09 Å². The fourth-order valence-corrected chi connectivity index (χ4v) is 6.85. The number of nitrogens with one attached hydrogen (secondary N) is 1. The van der Waals surface area contributed by atoms with E-state index < -0.39 is 16.6 Å². The minimum Gasteiger partial charge on any atom is -0.405 e. The average Bonchev–Trinajstić information content (AvgIpc) is 2.73. The van der Waals surface area contributed by atoms with Gasteiger partial charge in [0, 0.05) is 32.4 Å². The second-order valence-electron chi connectivity index (χ2n) is 6.30. The Bertz CT molecular complexity index is 702. The van der Waals surface area contributed by atoms with Crippen LogP contribution >= 0.6 is 7.75 Å². The lowest BCUT2D eigenvalue weighted by Gasteiger charge is -2.28. The van der Waals surface area contributed by atoms with Gasteiger partial charge >= 0.3 is 16.6 Å². The molecule has 166 valence electrons. The van der Waals surface area contributed by atoms with Crippen LogP contribution in [0.2, 0.25) is 6.04 Å². The van der Waals surface area contributed by atoms with Gasteiger partial charge in [0.2, 0.25) is 0 Å². The normalized spacial score (nSPS) is 12.0. The predicted octanol–water partition coefficient (Wildman–Crippen LogP) is 5.28. The molecule has 0 amide bonds. The van der Waals surface area contributed by atoms with E-state index in [0.717, 1.165) is 0 Å². The lowest BCUT2D eigenvalue weighted by atomic mass is 10.3. The molecule has 1 N–H and O–H groups in total. The third-order valence-electron chi connectivity index (χ3n) is 4.00. The van der Waals surface area contributed by atoms with Gasteiger partial charge in [-0.3, -0.25) is 0 Å². The molecule has 9 heteroatoms. The van der Waals surface area contributed by atoms with E-state index in [2.05, 4.69) is 5.09 Å². The van der Waals surface area contributed by atoms with Crippen LogP contribution < -0.4 is 14.1 Å². The van der Waals surface area contributed by atoms with Gasteiger partial charge in [0.25, 0.3) is 0 Å². The molecular weight excluding hydrogens is 421 g/mol. The van der Waals surface area contributed by atoms with Crippen molar-refractivity contribution in [1.29, 1.82) is 0 Å². The van der Waals surface area contributed by atoms with Crippen LogP contribution in [0.3, 0.4) is 0 Å². The Morgan fingerprint density at radius 1 is 0.767 bits per heavy atom. The second kappa shape index (κ2) is 12.9. The summed E-state index contributed by atoms with van der Waals surface area (Å²) in [5, 5.41) is 2.96. The molecule has 2 aromatic carbocycles. The summed E-state index contributed by atoms with van der Waals surface area (Å²) in [4.78, 5) is 0. The molecule has 0 aromatic heterocycles. The van der Waals surface area contributed by atoms with Crippen molar-refractivity contribution >= 4 is 16.6 Å². The van der Waals surface area contributed by atoms with Gasteiger partial charge in [-0.05, 0) is 51.5 Å². The van der Waals surface area contributed by atoms with E-state index in [1.165, 1.54) is 0 Å². The molecule has 0 heterocycles. The van der Waals surface area contributed by atoms with E-state index in [4.69, 9.17) is 22.3 Å². The Morgan fingerprint density at radius 3 is 1.60 bits per heavy atom. The highest BCUT2D eigenvalue weighted by Gasteiger charge is 2.40. The highest BCUT2D eigenvalue weighted by atomic mass is 31.2. The first-order valence-electron chi connectivity index (χ1n) is 10.3. The van der Waals surface area contributed by atoms with Crippen molar-refractivity contribution in [2.45, 2.75) is 33.2 Å². The molecule has 7 nitrogen and oxygen atoms in total. The van der Waals surface area contributed by atoms with Crippen LogP contribution in [0, 0.1) is 0 Å². The quantitative estimate of drug-likeness (QED) is 0.223. The molecule has 0 saturated heterocycles. The zero-order valence-electron chi connectivity index (χ0n) is 17.9. The summed E-state index contributed by atoms with van der Waals surface area (Å²) in [7, 11) is -6.40. The highest BCUT2D eigenvalue weighted by Crippen LogP contribution is 2.44. The molecule has 0 aliphatic heterocycles. The minimum absolute atomic E-state index is 0.388. The summed E-state index contributed by atoms with van der Waals surface area (Å²) in [6, 6.07) is 18.5. The summed E-state index contributed by atoms with van der Waals surface area (Å²) < 4.78 is 42.5. The third kappa shape index (κ3) is 8.22. The minimum atomic E-state index is -3.65. The molecule has 30 heavy (non-hydrogen) atoms. The molecule has 0 spiro atoms. The summed E-state index contributed by atoms with van der Waals surface area (Å²) in [6.07, 6.45) is 0.631. The van der Waals surface area contributed by atoms with Gasteiger partial charge < -0.3 is 22.3 Å². The molecule has 0 fully saturated rings. The average molecular weight is 454 g/mol. The first kappa shape index (κ1) is 24.6. The van der Waals surface area contributed by atoms with Crippen molar-refractivity contribution in [3.05, 3.63) is 60.7 Å². The van der Waals surface area contributed by atoms with Crippen LogP contribution in [-0.4, -0.2) is 35.2 Å². The van der Waals surface area contributed by atoms with E-state index >= 15 is 0 Å². The molecule has 0 bridgehead atoms. The van der Waals surface area contributed by atoms with Gasteiger partial charge in [0.1, 0.15) is 11.5 Å². The van der Waals surface area contributed by atoms with Crippen molar-refractivity contribution < 1.29 is 26.9 Å². The van der Waals surface area contributed by atoms with E-state index in [1.807, 2.05) is 57.2 Å². The van der Waals surface area contributed by atoms with Crippen LogP contribution in [0.15, 0.2) is 60.7 Å². The second-order valence-corrected chi connectivity index (χ2v) is 10.7. The van der Waals surface area contributed by atoms with Gasteiger partial charge in [-0.2, -0.15) is 0 Å². The third-order valence-corrected chi connectivity index (χ3v) is 8.66. The first-order valence-corrected chi connectivity index (χ1v) is 13.8. The molecule has 0 unspecified atom stereocenters. The van der Waals surface area contributed by atoms with Gasteiger partial charge in [-0.15, -0.1) is 0 Å². The van der Waals surface area contributed by atoms with Crippen LogP contribution in [-0.2, 0) is 17.8 Å². The monoisotopic (exact) mass is 453 g/mol. The molecule has 2 aromatic rings. The topological polar surface area (TPSA) is 75.3 Å². The van der Waals surface area contributed by atoms with E-state index in [1.54, 1.807) is 24.3 Å². The lowest BCUT2D eigenvalue weighted by Crippen LogP contribution is -2.46. The molecule has 2 rings (SSSR count). The number of rotatable bonds is 15. The Labute approximate surface area is 180 Å². The largest absolute Gasteiger partial charge is 0.512 e. The molecule has 0 atom stereocenters. The fourth-order valence-electron chi connectivity index (χ4n) is 2.85. The zero-order valence-corrected chi connectivity index (χ0v) is 19.8. The van der Waals surface area contributed by atoms with Crippen molar-refractivity contribution in [3.63, 3.8) is 0 Å². The van der Waals surface area contributed by atoms with Crippen molar-refractivity contribution in [2.24, 2.45) is 0 Å². The zero-order chi connectivity index (χ0) is 21.7. The maximum absolute atomic E-state index is 13.4. The Kier molecular flexibility index (Phi) is 10.6. The van der Waals surface area contributed by atoms with Crippen LogP contribution in [0.4, 0.5) is 0 Å². The fraction of sp³-hybridized carbons (Fsp3) is 0.429. The smallest absolute Gasteiger partial charge is 0.405 e. The van der Waals surface area contributed by atoms with Gasteiger partial charge in [0.05, 0.1) is 0 Å². The van der Waals surface area contributed by atoms with Crippen LogP contribution in [0.25, 0.3) is 0 Å². The first-order chi connectivity index (χ1) is 14.5. The SMILES string of the molecule is CCO[Si](CCCNP(=O)(Oc1ccccc1)Oc1ccccc1)(OCC)OCC. The van der Waals surface area contributed by atoms with E-state index in [9.17, 15) is 4.57 Å². The maximum Gasteiger partial charge on any atom is 0.512 e. The Hall–Kier alpha value is -1.67. The lowest BCUT2D eigenvalue weighted by molar-refractivity contribution is 0.0708. The summed E-state index contributed by atoms with van der Waals surface area (Å²) in [5.41, 5.74) is 0. The number of hydrogen-bond acceptors (Lipinski definition) is 6. The van der Waals surface area contributed by atoms with Crippen molar-refractivity contribution in [3.8, 4) is 11.5 Å². The standard InChI is InChI=1S/C21H32NO6PSi/c1-4-24-30(25-5-2,26-6-3)19-13-18-22-29(23,27-20-14-9-7-10-15-20)28-21-16-11-8-12-17-21/h7-12,14-17H,4-6,13,18-19H2,1-3H3,(H,22,23). The Morgan fingerprint density at radius 2 is 1.20 bits per heavy atom. The molecule has 0 saturated carbocycles. The van der Waals surface area contributed by atoms with Crippen LogP contribution in [0.1, 0.15) is 27.2 Å². The van der Waals surface area contributed by atoms with E-state index in [0.29, 0.717) is 50.3 Å². The van der Waals surface area contributed by atoms with Gasteiger partial charge in [-0.1, -0.05) is 36.4 Å². The van der Waals surface area contributed by atoms with Gasteiger partial charge in [0.15, 0.2) is 0 Å². The molecule has 0 radical (unpaired) electrons. The summed E-state index contributed by atoms with van der Waals surface area (Å²) in [6.45, 7) is 7.72. The van der Waals surface area contributed by atoms with Crippen molar-refractivity contribution in [2.75, 3.05) is 26.4 Å². The van der Waals surface area contributed by atoms with Crippen LogP contribution in [0.5, 0.6) is 11.5 Å². The highest BCUT2D eigenvalue weighted by molar-refractivity contribution is 7.52. The Balaban J connectivity index is 2.03. The number of benzene rings is 2. The molecule has 0 aliphatic carbocycles. The number of hydrogen-bond donors (Lipinski definition) is 1. The molecular formula is C21H32NO6PSi. The van der Waals surface area contributed by atoms with Gasteiger partial charge in [-0.25, -0.2) is 9.65 Å². The summed E-state index contributed by atoms with van der Waals surface area (Å²) >= 11 is 0. The maximum atomic E-state index is 13.4.